The summed E-state index contributed by atoms with van der Waals surface area (Å²) < 4.78 is 40.7. The summed E-state index contributed by atoms with van der Waals surface area (Å²) in [6, 6.07) is 32.2. The minimum Gasteiger partial charge on any atom is -0.400 e. The van der Waals surface area contributed by atoms with Gasteiger partial charge >= 0.3 is 0 Å². The third-order valence-corrected chi connectivity index (χ3v) is 14.1. The van der Waals surface area contributed by atoms with E-state index in [1.54, 1.807) is 72.9 Å². The van der Waals surface area contributed by atoms with Gasteiger partial charge < -0.3 is 15.7 Å². The number of rotatable bonds is 10. The number of carbonyl (C=O) groups is 2. The summed E-state index contributed by atoms with van der Waals surface area (Å²) >= 11 is 1.64. The van der Waals surface area contributed by atoms with Crippen molar-refractivity contribution in [3.8, 4) is 22.5 Å². The van der Waals surface area contributed by atoms with E-state index in [1.165, 1.54) is 12.1 Å². The second-order valence-corrected chi connectivity index (χ2v) is 18.8. The lowest BCUT2D eigenvalue weighted by Crippen LogP contribution is -2.49. The van der Waals surface area contributed by atoms with Gasteiger partial charge in [0.15, 0.2) is 0 Å². The highest BCUT2D eigenvalue weighted by Gasteiger charge is 2.32. The highest BCUT2D eigenvalue weighted by Crippen LogP contribution is 2.31. The summed E-state index contributed by atoms with van der Waals surface area (Å²) in [5, 5.41) is 28.7. The van der Waals surface area contributed by atoms with Crippen molar-refractivity contribution in [1.29, 1.82) is 0 Å². The van der Waals surface area contributed by atoms with Crippen LogP contribution in [0.25, 0.3) is 44.3 Å². The van der Waals surface area contributed by atoms with Gasteiger partial charge in [0.05, 0.1) is 16.3 Å². The summed E-state index contributed by atoms with van der Waals surface area (Å²) in [4.78, 5) is 38.2. The van der Waals surface area contributed by atoms with Crippen LogP contribution in [0.1, 0.15) is 11.1 Å². The maximum Gasteiger partial charge on any atom is 0.241 e. The molecule has 3 atom stereocenters. The molecule has 2 amide bonds. The number of H-pyrrole nitrogens is 2. The first kappa shape index (κ1) is 46.8. The zero-order valence-electron chi connectivity index (χ0n) is 36.4. The van der Waals surface area contributed by atoms with Crippen molar-refractivity contribution < 1.29 is 27.7 Å². The molecule has 3 unspecified atom stereocenters. The summed E-state index contributed by atoms with van der Waals surface area (Å²) in [5.41, 5.74) is 7.76. The van der Waals surface area contributed by atoms with Crippen molar-refractivity contribution in [2.45, 2.75) is 23.6 Å². The number of pyridine rings is 2. The van der Waals surface area contributed by atoms with Crippen molar-refractivity contribution in [3.63, 3.8) is 0 Å². The van der Waals surface area contributed by atoms with Crippen molar-refractivity contribution in [2.24, 2.45) is 0 Å². The Balaban J connectivity index is 0.000000175. The van der Waals surface area contributed by atoms with Crippen molar-refractivity contribution in [1.82, 2.24) is 40.2 Å². The van der Waals surface area contributed by atoms with Gasteiger partial charge in [-0.1, -0.05) is 36.4 Å². The van der Waals surface area contributed by atoms with Gasteiger partial charge in [0.25, 0.3) is 0 Å². The number of amides is 2. The Morgan fingerprint density at radius 3 is 1.70 bits per heavy atom. The van der Waals surface area contributed by atoms with Crippen molar-refractivity contribution in [3.05, 3.63) is 157 Å². The van der Waals surface area contributed by atoms with Gasteiger partial charge in [0.2, 0.25) is 11.8 Å². The van der Waals surface area contributed by atoms with Gasteiger partial charge in [0, 0.05) is 138 Å². The van der Waals surface area contributed by atoms with Crippen LogP contribution in [0.15, 0.2) is 134 Å². The largest absolute Gasteiger partial charge is 0.400 e. The third kappa shape index (κ3) is 11.5. The van der Waals surface area contributed by atoms with E-state index < -0.39 is 16.0 Å². The highest BCUT2D eigenvalue weighted by molar-refractivity contribution is 8.00. The average molecular weight is 943 g/mol. The van der Waals surface area contributed by atoms with E-state index in [-0.39, 0.29) is 28.7 Å². The Morgan fingerprint density at radius 2 is 1.18 bits per heavy atom. The number of nitrogens with one attached hydrogen (secondary N) is 4. The molecule has 0 radical (unpaired) electrons. The monoisotopic (exact) mass is 942 g/mol. The molecule has 2 fully saturated rings. The summed E-state index contributed by atoms with van der Waals surface area (Å²) in [6.45, 7) is 3.17. The van der Waals surface area contributed by atoms with Crippen LogP contribution in [-0.2, 0) is 33.5 Å². The summed E-state index contributed by atoms with van der Waals surface area (Å²) in [5.74, 6) is 0.383. The van der Waals surface area contributed by atoms with E-state index in [4.69, 9.17) is 5.11 Å². The fraction of sp³-hybridized carbons (Fsp3) is 0.224. The van der Waals surface area contributed by atoms with Gasteiger partial charge in [0.1, 0.15) is 28.3 Å². The molecule has 0 aliphatic carbocycles. The number of fused-ring (bicyclic) bond motifs is 2. The molecule has 344 valence electrons. The number of hydrogen-bond acceptors (Lipinski definition) is 11. The summed E-state index contributed by atoms with van der Waals surface area (Å²) in [7, 11) is -0.292. The minimum absolute atomic E-state index is 0.0402. The van der Waals surface area contributed by atoms with Gasteiger partial charge in [-0.25, -0.2) is 8.78 Å². The number of thioether (sulfide) groups is 1. The smallest absolute Gasteiger partial charge is 0.241 e. The molecule has 4 aromatic carbocycles. The molecular weight excluding hydrogens is 895 g/mol. The van der Waals surface area contributed by atoms with E-state index in [2.05, 4.69) is 45.9 Å². The van der Waals surface area contributed by atoms with Crippen LogP contribution in [0.3, 0.4) is 0 Å². The standard InChI is InChI=1S/C24H22FN5O2S.C24H22FN5OS.CH4O/c25-20-4-2-1-3-17(20)14-30-11-12-33(32)22(15-30)24(31)27-18-5-6-21-19(13-18)23(29-28-21)16-7-9-26-10-8-16;25-20-4-2-1-3-17(20)14-30-11-12-32-22(15-30)24(31)27-18-5-6-21-19(13-18)23(29-28-21)16-7-9-26-10-8-16;1-2/h1-10,13,22H,11-12,14-15H2,(H,27,31)(H,28,29);1-10,13,22H,11-12,14-15H2,(H,27,31)(H,28,29);2H,1H3. The van der Waals surface area contributed by atoms with Crippen LogP contribution in [0, 0.1) is 11.6 Å². The number of halogens is 2. The van der Waals surface area contributed by atoms with Crippen LogP contribution in [-0.4, -0.2) is 117 Å². The Hall–Kier alpha value is -6.70. The Labute approximate surface area is 392 Å². The maximum absolute atomic E-state index is 14.0. The Kier molecular flexibility index (Phi) is 15.5. The van der Waals surface area contributed by atoms with Crippen LogP contribution in [0.2, 0.25) is 0 Å². The second kappa shape index (κ2) is 22.2. The number of aromatic amines is 2. The minimum atomic E-state index is -1.29. The average Bonchev–Trinajstić information content (AvgIpc) is 3.99. The molecular formula is C49H48F2N10O4S2. The van der Waals surface area contributed by atoms with Gasteiger partial charge in [-0.15, -0.1) is 11.8 Å². The zero-order chi connectivity index (χ0) is 46.7. The fourth-order valence-electron chi connectivity index (χ4n) is 7.94. The highest BCUT2D eigenvalue weighted by atomic mass is 32.2. The van der Waals surface area contributed by atoms with E-state index in [0.29, 0.717) is 55.3 Å². The predicted octanol–water partition coefficient (Wildman–Crippen LogP) is 7.26. The zero-order valence-corrected chi connectivity index (χ0v) is 38.1. The number of benzene rings is 4. The molecule has 18 heteroatoms. The third-order valence-electron chi connectivity index (χ3n) is 11.4. The number of aliphatic hydroxyl groups excluding tert-OH is 1. The van der Waals surface area contributed by atoms with Crippen molar-refractivity contribution >= 4 is 67.6 Å². The molecule has 6 heterocycles. The van der Waals surface area contributed by atoms with Crippen LogP contribution in [0.5, 0.6) is 0 Å². The molecule has 0 spiro atoms. The predicted molar refractivity (Wildman–Crippen MR) is 260 cm³/mol. The van der Waals surface area contributed by atoms with Gasteiger partial charge in [-0.2, -0.15) is 10.2 Å². The van der Waals surface area contributed by atoms with Crippen LogP contribution < -0.4 is 10.6 Å². The topological polar surface area (TPSA) is 185 Å². The molecule has 8 aromatic rings. The first-order valence-electron chi connectivity index (χ1n) is 21.5. The first-order valence-corrected chi connectivity index (χ1v) is 23.9. The van der Waals surface area contributed by atoms with E-state index >= 15 is 0 Å². The lowest BCUT2D eigenvalue weighted by molar-refractivity contribution is -0.117. The number of aliphatic hydroxyl groups is 1. The SMILES string of the molecule is CO.O=C(Nc1ccc2[nH]nc(-c3ccncc3)c2c1)C1CN(Cc2ccccc2F)CCS1.O=C(Nc1ccc2[nH]nc(-c3ccncc3)c2c1)C1CN(Cc2ccccc2F)CCS1=O. The van der Waals surface area contributed by atoms with Crippen molar-refractivity contribution in [2.75, 3.05) is 55.4 Å². The molecule has 4 aromatic heterocycles. The normalized spacial score (nSPS) is 17.5. The molecule has 10 rings (SSSR count). The molecule has 0 saturated carbocycles. The first-order chi connectivity index (χ1) is 32.8. The number of hydrogen-bond donors (Lipinski definition) is 5. The van der Waals surface area contributed by atoms with Gasteiger partial charge in [-0.05, 0) is 72.8 Å². The molecule has 5 N–H and O–H groups in total. The van der Waals surface area contributed by atoms with Gasteiger partial charge in [-0.3, -0.25) is 43.8 Å². The lowest BCUT2D eigenvalue weighted by Gasteiger charge is -2.31. The molecule has 2 saturated heterocycles. The number of nitrogens with zero attached hydrogens (tertiary/aromatic N) is 6. The molecule has 2 aliphatic rings. The van der Waals surface area contributed by atoms with E-state index in [0.717, 1.165) is 69.4 Å². The maximum atomic E-state index is 14.0. The van der Waals surface area contributed by atoms with E-state index in [1.807, 2.05) is 65.6 Å². The fourth-order valence-corrected chi connectivity index (χ4v) is 10.5. The van der Waals surface area contributed by atoms with E-state index in [9.17, 15) is 22.6 Å². The Bertz CT molecular complexity index is 2980. The molecule has 67 heavy (non-hydrogen) atoms. The molecule has 2 aliphatic heterocycles. The number of aromatic nitrogens is 6. The summed E-state index contributed by atoms with van der Waals surface area (Å²) in [6.07, 6.45) is 6.86. The quantitative estimate of drug-likeness (QED) is 0.0930. The van der Waals surface area contributed by atoms with Crippen LogP contribution in [0.4, 0.5) is 20.2 Å². The number of carbonyl (C=O) groups excluding carboxylic acids is 2. The molecule has 14 nitrogen and oxygen atoms in total. The Morgan fingerprint density at radius 1 is 0.687 bits per heavy atom. The second-order valence-electron chi connectivity index (χ2n) is 15.7. The number of anilines is 2. The molecule has 0 bridgehead atoms. The lowest BCUT2D eigenvalue weighted by atomic mass is 10.1. The van der Waals surface area contributed by atoms with Crippen LogP contribution >= 0.6 is 11.8 Å².